The molecule has 0 spiro atoms. The molecule has 1 N–H and O–H groups in total. The van der Waals surface area contributed by atoms with Crippen molar-refractivity contribution >= 4 is 5.91 Å². The Morgan fingerprint density at radius 1 is 1.33 bits per heavy atom. The van der Waals surface area contributed by atoms with Gasteiger partial charge in [0.2, 0.25) is 5.91 Å². The van der Waals surface area contributed by atoms with Gasteiger partial charge in [0.15, 0.2) is 0 Å². The van der Waals surface area contributed by atoms with Gasteiger partial charge in [0.25, 0.3) is 0 Å². The van der Waals surface area contributed by atoms with E-state index in [1.807, 2.05) is 30.3 Å². The first-order valence-corrected chi connectivity index (χ1v) is 8.11. The molecule has 7 nitrogen and oxygen atoms in total. The van der Waals surface area contributed by atoms with Gasteiger partial charge in [-0.2, -0.15) is 0 Å². The molecule has 1 unspecified atom stereocenters. The van der Waals surface area contributed by atoms with Crippen LogP contribution in [-0.4, -0.2) is 56.2 Å². The number of amides is 1. The van der Waals surface area contributed by atoms with Gasteiger partial charge in [-0.15, -0.1) is 5.10 Å². The smallest absolute Gasteiger partial charge is 0.224 e. The van der Waals surface area contributed by atoms with Crippen LogP contribution in [0.15, 0.2) is 42.7 Å². The van der Waals surface area contributed by atoms with Gasteiger partial charge in [0.05, 0.1) is 38.9 Å². The predicted octanol–water partition coefficient (Wildman–Crippen LogP) is 0.848. The molecule has 2 heterocycles. The molecule has 1 aliphatic heterocycles. The third kappa shape index (κ3) is 4.39. The fraction of sp³-hybridized carbons (Fsp3) is 0.471. The van der Waals surface area contributed by atoms with E-state index in [0.29, 0.717) is 45.7 Å². The minimum absolute atomic E-state index is 0.0116. The number of carbonyl (C=O) groups excluding carboxylic acids is 1. The average Bonchev–Trinajstić information content (AvgIpc) is 3.22. The Balaban J connectivity index is 1.40. The Bertz CT molecular complexity index is 647. The Kier molecular flexibility index (Phi) is 5.22. The molecule has 1 aromatic carbocycles. The number of likely N-dealkylation sites (tertiary alicyclic amines) is 1. The van der Waals surface area contributed by atoms with Crippen LogP contribution in [0.2, 0.25) is 0 Å². The van der Waals surface area contributed by atoms with Crippen molar-refractivity contribution in [2.75, 3.05) is 19.7 Å². The largest absolute Gasteiger partial charge is 0.386 e. The number of rotatable bonds is 7. The van der Waals surface area contributed by atoms with Gasteiger partial charge in [-0.1, -0.05) is 35.5 Å². The fourth-order valence-electron chi connectivity index (χ4n) is 2.90. The van der Waals surface area contributed by atoms with Crippen LogP contribution in [-0.2, 0) is 22.7 Å². The number of aromatic nitrogens is 3. The summed E-state index contributed by atoms with van der Waals surface area (Å²) in [5, 5.41) is 18.2. The molecule has 7 heteroatoms. The second-order valence-corrected chi connectivity index (χ2v) is 6.18. The molecule has 1 saturated heterocycles. The van der Waals surface area contributed by atoms with Crippen LogP contribution in [0.1, 0.15) is 18.4 Å². The Morgan fingerprint density at radius 2 is 2.17 bits per heavy atom. The molecular formula is C17H22N4O3. The Hall–Kier alpha value is -2.25. The lowest BCUT2D eigenvalue weighted by molar-refractivity contribution is -0.132. The number of β-amino-alcohol motifs (C(OH)–C–C–N with tert-alkyl or cyclic N) is 1. The molecule has 1 aliphatic rings. The zero-order valence-corrected chi connectivity index (χ0v) is 13.5. The molecule has 0 aliphatic carbocycles. The van der Waals surface area contributed by atoms with Gasteiger partial charge in [-0.05, 0) is 12.0 Å². The summed E-state index contributed by atoms with van der Waals surface area (Å²) < 4.78 is 7.15. The summed E-state index contributed by atoms with van der Waals surface area (Å²) in [6, 6.07) is 9.87. The molecule has 0 bridgehead atoms. The van der Waals surface area contributed by atoms with E-state index in [1.54, 1.807) is 22.0 Å². The highest BCUT2D eigenvalue weighted by molar-refractivity contribution is 5.76. The van der Waals surface area contributed by atoms with Crippen molar-refractivity contribution in [3.8, 4) is 0 Å². The second-order valence-electron chi connectivity index (χ2n) is 6.18. The van der Waals surface area contributed by atoms with E-state index in [-0.39, 0.29) is 5.91 Å². The molecule has 128 valence electrons. The van der Waals surface area contributed by atoms with Crippen molar-refractivity contribution in [3.05, 3.63) is 48.3 Å². The van der Waals surface area contributed by atoms with Gasteiger partial charge in [0.1, 0.15) is 5.60 Å². The number of aliphatic hydroxyl groups is 1. The highest BCUT2D eigenvalue weighted by atomic mass is 16.5. The van der Waals surface area contributed by atoms with E-state index >= 15 is 0 Å². The minimum atomic E-state index is -0.936. The summed E-state index contributed by atoms with van der Waals surface area (Å²) in [6.45, 7) is 2.12. The summed E-state index contributed by atoms with van der Waals surface area (Å²) in [5.41, 5.74) is 0.155. The first-order chi connectivity index (χ1) is 11.6. The van der Waals surface area contributed by atoms with Crippen molar-refractivity contribution in [3.63, 3.8) is 0 Å². The summed E-state index contributed by atoms with van der Waals surface area (Å²) in [4.78, 5) is 13.9. The number of benzene rings is 1. The molecule has 1 fully saturated rings. The number of hydrogen-bond donors (Lipinski definition) is 1. The van der Waals surface area contributed by atoms with Crippen molar-refractivity contribution < 1.29 is 14.6 Å². The van der Waals surface area contributed by atoms with E-state index in [2.05, 4.69) is 10.3 Å². The normalized spacial score (nSPS) is 20.5. The summed E-state index contributed by atoms with van der Waals surface area (Å²) in [6.07, 6.45) is 4.15. The average molecular weight is 330 g/mol. The topological polar surface area (TPSA) is 80.5 Å². The number of ether oxygens (including phenoxy) is 1. The molecule has 1 aromatic heterocycles. The first-order valence-electron chi connectivity index (χ1n) is 8.11. The van der Waals surface area contributed by atoms with Crippen molar-refractivity contribution in [1.29, 1.82) is 0 Å². The maximum absolute atomic E-state index is 12.2. The molecule has 1 atom stereocenters. The van der Waals surface area contributed by atoms with Crippen molar-refractivity contribution in [2.24, 2.45) is 0 Å². The van der Waals surface area contributed by atoms with Crippen LogP contribution in [0.5, 0.6) is 0 Å². The lowest BCUT2D eigenvalue weighted by Gasteiger charge is -2.23. The predicted molar refractivity (Wildman–Crippen MR) is 86.9 cm³/mol. The third-order valence-electron chi connectivity index (χ3n) is 4.19. The van der Waals surface area contributed by atoms with Crippen molar-refractivity contribution in [2.45, 2.75) is 31.6 Å². The molecule has 0 saturated carbocycles. The summed E-state index contributed by atoms with van der Waals surface area (Å²) >= 11 is 0. The monoisotopic (exact) mass is 330 g/mol. The van der Waals surface area contributed by atoms with Gasteiger partial charge < -0.3 is 14.7 Å². The number of carbonyl (C=O) groups is 1. The van der Waals surface area contributed by atoms with Crippen LogP contribution >= 0.6 is 0 Å². The number of hydrogen-bond acceptors (Lipinski definition) is 5. The molecule has 3 rings (SSSR count). The lowest BCUT2D eigenvalue weighted by Crippen LogP contribution is -2.39. The highest BCUT2D eigenvalue weighted by Crippen LogP contribution is 2.23. The van der Waals surface area contributed by atoms with E-state index in [9.17, 15) is 9.90 Å². The standard InChI is InChI=1S/C17H22N4O3/c22-16(6-11-24-12-15-4-2-1-3-5-15)20-9-7-17(23,13-20)14-21-10-8-18-19-21/h1-5,8,10,23H,6-7,9,11-14H2. The lowest BCUT2D eigenvalue weighted by atomic mass is 10.0. The maximum Gasteiger partial charge on any atom is 0.224 e. The van der Waals surface area contributed by atoms with E-state index < -0.39 is 5.60 Å². The molecular weight excluding hydrogens is 308 g/mol. The number of nitrogens with zero attached hydrogens (tertiary/aromatic N) is 4. The summed E-state index contributed by atoms with van der Waals surface area (Å²) in [5.74, 6) is 0.0116. The molecule has 1 amide bonds. The Labute approximate surface area is 140 Å². The zero-order chi connectivity index (χ0) is 16.8. The quantitative estimate of drug-likeness (QED) is 0.761. The van der Waals surface area contributed by atoms with E-state index in [4.69, 9.17) is 4.74 Å². The van der Waals surface area contributed by atoms with Crippen LogP contribution in [0.4, 0.5) is 0 Å². The van der Waals surface area contributed by atoms with Gasteiger partial charge >= 0.3 is 0 Å². The maximum atomic E-state index is 12.2. The molecule has 24 heavy (non-hydrogen) atoms. The highest BCUT2D eigenvalue weighted by Gasteiger charge is 2.38. The van der Waals surface area contributed by atoms with Crippen LogP contribution in [0.25, 0.3) is 0 Å². The fourth-order valence-corrected chi connectivity index (χ4v) is 2.90. The van der Waals surface area contributed by atoms with E-state index in [1.165, 1.54) is 0 Å². The van der Waals surface area contributed by atoms with Crippen LogP contribution in [0, 0.1) is 0 Å². The van der Waals surface area contributed by atoms with Gasteiger partial charge in [-0.3, -0.25) is 4.79 Å². The van der Waals surface area contributed by atoms with Crippen LogP contribution < -0.4 is 0 Å². The van der Waals surface area contributed by atoms with Crippen molar-refractivity contribution in [1.82, 2.24) is 19.9 Å². The van der Waals surface area contributed by atoms with E-state index in [0.717, 1.165) is 5.56 Å². The minimum Gasteiger partial charge on any atom is -0.386 e. The SMILES string of the molecule is O=C(CCOCc1ccccc1)N1CCC(O)(Cn2ccnn2)C1. The first kappa shape index (κ1) is 16.6. The van der Waals surface area contributed by atoms with Gasteiger partial charge in [-0.25, -0.2) is 4.68 Å². The third-order valence-corrected chi connectivity index (χ3v) is 4.19. The Morgan fingerprint density at radius 3 is 2.92 bits per heavy atom. The van der Waals surface area contributed by atoms with Gasteiger partial charge in [0, 0.05) is 12.7 Å². The summed E-state index contributed by atoms with van der Waals surface area (Å²) in [7, 11) is 0. The zero-order valence-electron chi connectivity index (χ0n) is 13.5. The molecule has 2 aromatic rings. The second kappa shape index (κ2) is 7.55. The molecule has 0 radical (unpaired) electrons. The van der Waals surface area contributed by atoms with Crippen LogP contribution in [0.3, 0.4) is 0 Å².